The lowest BCUT2D eigenvalue weighted by Gasteiger charge is -2.21. The third kappa shape index (κ3) is 65.5. The Balaban J connectivity index is 5.29. The van der Waals surface area contributed by atoms with Crippen molar-refractivity contribution in [3.05, 3.63) is 24.3 Å². The number of rotatable bonds is 71. The number of phosphoric ester groups is 2. The molecule has 0 heterocycles. The van der Waals surface area contributed by atoms with Gasteiger partial charge < -0.3 is 33.8 Å². The molecule has 19 heteroatoms. The average Bonchev–Trinajstić information content (AvgIpc) is 3.71. The zero-order valence-electron chi connectivity index (χ0n) is 60.9. The number of aliphatic hydroxyl groups excluding tert-OH is 1. The van der Waals surface area contributed by atoms with Crippen molar-refractivity contribution in [3.63, 3.8) is 0 Å². The van der Waals surface area contributed by atoms with Gasteiger partial charge in [-0.25, -0.2) is 9.13 Å². The van der Waals surface area contributed by atoms with Crippen LogP contribution in [0.15, 0.2) is 24.3 Å². The summed E-state index contributed by atoms with van der Waals surface area (Å²) in [6, 6.07) is 0. The number of carbonyl (C=O) groups excluding carboxylic acids is 4. The molecule has 94 heavy (non-hydrogen) atoms. The Morgan fingerprint density at radius 1 is 0.351 bits per heavy atom. The van der Waals surface area contributed by atoms with Crippen LogP contribution >= 0.6 is 15.6 Å². The highest BCUT2D eigenvalue weighted by Crippen LogP contribution is 2.45. The first kappa shape index (κ1) is 91.5. The van der Waals surface area contributed by atoms with Gasteiger partial charge in [-0.3, -0.25) is 37.3 Å². The molecule has 0 fully saturated rings. The number of allylic oxidation sites excluding steroid dienone is 4. The summed E-state index contributed by atoms with van der Waals surface area (Å²) in [7, 11) is -9.92. The number of ether oxygens (including phenoxy) is 4. The van der Waals surface area contributed by atoms with Gasteiger partial charge in [0.25, 0.3) is 0 Å². The summed E-state index contributed by atoms with van der Waals surface area (Å²) in [6.45, 7) is 11.8. The minimum Gasteiger partial charge on any atom is -0.462 e. The van der Waals surface area contributed by atoms with E-state index >= 15 is 0 Å². The van der Waals surface area contributed by atoms with Gasteiger partial charge in [0.2, 0.25) is 0 Å². The number of unbranched alkanes of at least 4 members (excludes halogenated alkanes) is 34. The van der Waals surface area contributed by atoms with Crippen LogP contribution < -0.4 is 0 Å². The second kappa shape index (κ2) is 65.2. The van der Waals surface area contributed by atoms with Crippen LogP contribution in [0.4, 0.5) is 0 Å². The third-order valence-corrected chi connectivity index (χ3v) is 19.4. The predicted molar refractivity (Wildman–Crippen MR) is 381 cm³/mol. The van der Waals surface area contributed by atoms with E-state index in [0.29, 0.717) is 25.7 Å². The second-order valence-electron chi connectivity index (χ2n) is 27.3. The Hall–Kier alpha value is -2.46. The van der Waals surface area contributed by atoms with Gasteiger partial charge >= 0.3 is 39.5 Å². The molecule has 4 unspecified atom stereocenters. The van der Waals surface area contributed by atoms with Gasteiger partial charge in [0.15, 0.2) is 12.2 Å². The fourth-order valence-corrected chi connectivity index (χ4v) is 12.4. The number of hydrogen-bond donors (Lipinski definition) is 3. The molecule has 0 saturated carbocycles. The fourth-order valence-electron chi connectivity index (χ4n) is 10.8. The molecule has 0 saturated heterocycles. The van der Waals surface area contributed by atoms with Crippen molar-refractivity contribution in [3.8, 4) is 0 Å². The van der Waals surface area contributed by atoms with E-state index in [4.69, 9.17) is 37.0 Å². The Morgan fingerprint density at radius 2 is 0.628 bits per heavy atom. The lowest BCUT2D eigenvalue weighted by atomic mass is 9.99. The zero-order valence-corrected chi connectivity index (χ0v) is 62.7. The molecule has 0 aliphatic heterocycles. The molecule has 3 N–H and O–H groups in total. The standard InChI is InChI=1S/C75H142O17P2/c1-8-11-12-13-14-15-16-17-18-23-26-29-35-44-51-58-74(79)91-70(62-85-72(77)56-49-42-34-28-25-22-20-19-21-24-27-32-39-46-53-66(4)5)64-89-93(81,82)87-60-69(76)61-88-94(83,84)90-65-71(63-86-73(78)57-50-43-38-37-41-48-55-68(7)10-3)92-75(80)59-52-45-36-31-30-33-40-47-54-67(6)9-2/h15-18,66-71,76H,8-14,19-65H2,1-7H3,(H,81,82)(H,83,84)/b16-15-,18-17-/t67?,68?,69-,70-,71-/m1/s1. The second-order valence-corrected chi connectivity index (χ2v) is 30.2. The van der Waals surface area contributed by atoms with Crippen LogP contribution in [0, 0.1) is 17.8 Å². The van der Waals surface area contributed by atoms with Gasteiger partial charge in [-0.05, 0) is 69.1 Å². The SMILES string of the molecule is CCCCCC/C=C\C=C/CCCCCCCC(=O)O[C@H](COC(=O)CCCCCCCCCCCCCCCCC(C)C)COP(=O)(O)OC[C@@H](O)COP(=O)(O)OC[C@@H](COC(=O)CCCCCCCCC(C)CC)OC(=O)CCCCCCCCCCC(C)CC. The molecule has 554 valence electrons. The maximum absolute atomic E-state index is 13.1. The molecule has 17 nitrogen and oxygen atoms in total. The van der Waals surface area contributed by atoms with E-state index in [1.165, 1.54) is 148 Å². The quantitative estimate of drug-likeness (QED) is 0.0169. The smallest absolute Gasteiger partial charge is 0.462 e. The van der Waals surface area contributed by atoms with Crippen LogP contribution in [0.2, 0.25) is 0 Å². The monoisotopic (exact) mass is 1380 g/mol. The highest BCUT2D eigenvalue weighted by Gasteiger charge is 2.30. The maximum Gasteiger partial charge on any atom is 0.472 e. The van der Waals surface area contributed by atoms with Gasteiger partial charge in [-0.15, -0.1) is 0 Å². The summed E-state index contributed by atoms with van der Waals surface area (Å²) in [5.74, 6) is 0.142. The molecule has 0 aliphatic carbocycles. The summed E-state index contributed by atoms with van der Waals surface area (Å²) in [6.07, 6.45) is 53.5. The minimum atomic E-state index is -4.97. The zero-order chi connectivity index (χ0) is 69.4. The highest BCUT2D eigenvalue weighted by atomic mass is 31.2. The molecule has 0 aromatic rings. The first-order chi connectivity index (χ1) is 45.3. The van der Waals surface area contributed by atoms with Crippen LogP contribution in [0.3, 0.4) is 0 Å². The average molecular weight is 1380 g/mol. The van der Waals surface area contributed by atoms with Crippen molar-refractivity contribution in [2.45, 2.75) is 375 Å². The van der Waals surface area contributed by atoms with Gasteiger partial charge in [0.1, 0.15) is 19.3 Å². The van der Waals surface area contributed by atoms with E-state index in [9.17, 15) is 43.2 Å². The first-order valence-electron chi connectivity index (χ1n) is 38.2. The van der Waals surface area contributed by atoms with E-state index in [1.807, 2.05) is 0 Å². The van der Waals surface area contributed by atoms with E-state index in [2.05, 4.69) is 72.8 Å². The van der Waals surface area contributed by atoms with E-state index in [0.717, 1.165) is 127 Å². The van der Waals surface area contributed by atoms with Crippen molar-refractivity contribution in [1.82, 2.24) is 0 Å². The molecule has 0 bridgehead atoms. The van der Waals surface area contributed by atoms with E-state index < -0.39 is 97.5 Å². The van der Waals surface area contributed by atoms with Crippen LogP contribution in [-0.4, -0.2) is 96.7 Å². The molecule has 0 rings (SSSR count). The molecule has 0 aliphatic rings. The minimum absolute atomic E-state index is 0.0847. The maximum atomic E-state index is 13.1. The number of carbonyl (C=O) groups is 4. The molecule has 0 aromatic carbocycles. The predicted octanol–water partition coefficient (Wildman–Crippen LogP) is 21.3. The lowest BCUT2D eigenvalue weighted by Crippen LogP contribution is -2.30. The lowest BCUT2D eigenvalue weighted by molar-refractivity contribution is -0.161. The Morgan fingerprint density at radius 3 is 0.947 bits per heavy atom. The molecule has 0 radical (unpaired) electrons. The first-order valence-corrected chi connectivity index (χ1v) is 41.2. The van der Waals surface area contributed by atoms with Gasteiger partial charge in [0, 0.05) is 25.7 Å². The topological polar surface area (TPSA) is 237 Å². The fraction of sp³-hybridized carbons (Fsp3) is 0.893. The Labute approximate surface area is 573 Å². The molecular formula is C75H142O17P2. The third-order valence-electron chi connectivity index (χ3n) is 17.5. The van der Waals surface area contributed by atoms with Crippen LogP contribution in [0.1, 0.15) is 357 Å². The Bertz CT molecular complexity index is 1930. The van der Waals surface area contributed by atoms with Gasteiger partial charge in [0.05, 0.1) is 26.4 Å². The number of aliphatic hydroxyl groups is 1. The molecular weight excluding hydrogens is 1230 g/mol. The van der Waals surface area contributed by atoms with Gasteiger partial charge in [-0.1, -0.05) is 304 Å². The van der Waals surface area contributed by atoms with Crippen molar-refractivity contribution < 1.29 is 80.2 Å². The summed E-state index contributed by atoms with van der Waals surface area (Å²) < 4.78 is 68.4. The number of phosphoric acid groups is 2. The Kier molecular flexibility index (Phi) is 63.5. The highest BCUT2D eigenvalue weighted by molar-refractivity contribution is 7.47. The van der Waals surface area contributed by atoms with Crippen LogP contribution in [-0.2, 0) is 65.4 Å². The van der Waals surface area contributed by atoms with Crippen molar-refractivity contribution >= 4 is 39.5 Å². The van der Waals surface area contributed by atoms with E-state index in [1.54, 1.807) is 0 Å². The van der Waals surface area contributed by atoms with Crippen molar-refractivity contribution in [2.75, 3.05) is 39.6 Å². The number of hydrogen-bond acceptors (Lipinski definition) is 15. The summed E-state index contributed by atoms with van der Waals surface area (Å²) in [5, 5.41) is 10.6. The van der Waals surface area contributed by atoms with Crippen molar-refractivity contribution in [1.29, 1.82) is 0 Å². The van der Waals surface area contributed by atoms with Crippen molar-refractivity contribution in [2.24, 2.45) is 17.8 Å². The molecule has 0 aromatic heterocycles. The van der Waals surface area contributed by atoms with Gasteiger partial charge in [-0.2, -0.15) is 0 Å². The summed E-state index contributed by atoms with van der Waals surface area (Å²) >= 11 is 0. The number of esters is 4. The molecule has 0 spiro atoms. The molecule has 0 amide bonds. The van der Waals surface area contributed by atoms with E-state index in [-0.39, 0.29) is 25.7 Å². The molecule has 7 atom stereocenters. The summed E-state index contributed by atoms with van der Waals surface area (Å²) in [4.78, 5) is 72.7. The van der Waals surface area contributed by atoms with Crippen LogP contribution in [0.25, 0.3) is 0 Å². The normalized spacial score (nSPS) is 14.8. The summed E-state index contributed by atoms with van der Waals surface area (Å²) in [5.41, 5.74) is 0. The van der Waals surface area contributed by atoms with Crippen LogP contribution in [0.5, 0.6) is 0 Å². The largest absolute Gasteiger partial charge is 0.472 e.